The second-order valence-corrected chi connectivity index (χ2v) is 7.11. The molecule has 0 spiro atoms. The van der Waals surface area contributed by atoms with Gasteiger partial charge in [-0.2, -0.15) is 0 Å². The predicted octanol–water partition coefficient (Wildman–Crippen LogP) is 5.11. The summed E-state index contributed by atoms with van der Waals surface area (Å²) in [6.45, 7) is 1.99. The maximum absolute atomic E-state index is 4.95. The average molecular weight is 391 g/mol. The van der Waals surface area contributed by atoms with Crippen molar-refractivity contribution in [3.8, 4) is 17.1 Å². The quantitative estimate of drug-likeness (QED) is 0.435. The van der Waals surface area contributed by atoms with Crippen LogP contribution in [0.25, 0.3) is 28.1 Å². The van der Waals surface area contributed by atoms with Gasteiger partial charge in [0, 0.05) is 18.9 Å². The summed E-state index contributed by atoms with van der Waals surface area (Å²) >= 11 is 0. The molecule has 146 valence electrons. The van der Waals surface area contributed by atoms with Crippen LogP contribution < -0.4 is 10.7 Å². The highest BCUT2D eigenvalue weighted by Gasteiger charge is 2.16. The lowest BCUT2D eigenvalue weighted by atomic mass is 10.1. The molecule has 0 saturated heterocycles. The minimum absolute atomic E-state index is 0.868. The molecule has 5 heteroatoms. The van der Waals surface area contributed by atoms with Crippen molar-refractivity contribution in [2.24, 2.45) is 4.99 Å². The number of hydrogen-bond donors (Lipinski definition) is 1. The van der Waals surface area contributed by atoms with Crippen LogP contribution in [0, 0.1) is 6.92 Å². The Bertz CT molecular complexity index is 1390. The smallest absolute Gasteiger partial charge is 0.0900 e. The van der Waals surface area contributed by atoms with Crippen molar-refractivity contribution < 1.29 is 0 Å². The van der Waals surface area contributed by atoms with Crippen molar-refractivity contribution in [3.05, 3.63) is 96.1 Å². The topological polar surface area (TPSA) is 55.1 Å². The Labute approximate surface area is 174 Å². The molecule has 0 unspecified atom stereocenters. The molecule has 2 aliphatic rings. The van der Waals surface area contributed by atoms with Crippen LogP contribution in [0.3, 0.4) is 0 Å². The molecule has 1 N–H and O–H groups in total. The molecule has 0 fully saturated rings. The molecule has 5 rings (SSSR count). The van der Waals surface area contributed by atoms with Gasteiger partial charge in [0.25, 0.3) is 0 Å². The van der Waals surface area contributed by atoms with Crippen LogP contribution in [-0.4, -0.2) is 21.6 Å². The average Bonchev–Trinajstić information content (AvgIpc) is 2.79. The van der Waals surface area contributed by atoms with Crippen molar-refractivity contribution in [1.29, 1.82) is 0 Å². The van der Waals surface area contributed by atoms with Crippen molar-refractivity contribution in [3.63, 3.8) is 0 Å². The van der Waals surface area contributed by atoms with E-state index >= 15 is 0 Å². The van der Waals surface area contributed by atoms with Crippen LogP contribution in [0.1, 0.15) is 5.69 Å². The second kappa shape index (κ2) is 7.44. The van der Waals surface area contributed by atoms with Crippen LogP contribution in [0.5, 0.6) is 0 Å². The first-order chi connectivity index (χ1) is 14.7. The largest absolute Gasteiger partial charge is 0.352 e. The SMILES string of the molecule is C/N=c1\cc2n(-c3ccccc3)c3ccccc3nc-2cc1Nc1cccnc1C. The Kier molecular flexibility index (Phi) is 4.48. The van der Waals surface area contributed by atoms with Crippen LogP contribution in [0.2, 0.25) is 0 Å². The molecule has 5 nitrogen and oxygen atoms in total. The van der Waals surface area contributed by atoms with Crippen molar-refractivity contribution >= 4 is 22.4 Å². The normalized spacial score (nSPS) is 11.9. The third-order valence-electron chi connectivity index (χ3n) is 5.23. The van der Waals surface area contributed by atoms with E-state index in [-0.39, 0.29) is 0 Å². The van der Waals surface area contributed by atoms with Crippen molar-refractivity contribution in [2.75, 3.05) is 12.4 Å². The van der Waals surface area contributed by atoms with Crippen LogP contribution in [0.4, 0.5) is 11.4 Å². The number of fused-ring (bicyclic) bond motifs is 2. The zero-order valence-corrected chi connectivity index (χ0v) is 16.9. The lowest BCUT2D eigenvalue weighted by Gasteiger charge is -2.20. The highest BCUT2D eigenvalue weighted by Crippen LogP contribution is 2.30. The van der Waals surface area contributed by atoms with E-state index in [1.807, 2.05) is 50.4 Å². The van der Waals surface area contributed by atoms with Crippen LogP contribution in [-0.2, 0) is 0 Å². The van der Waals surface area contributed by atoms with E-state index in [2.05, 4.69) is 62.3 Å². The van der Waals surface area contributed by atoms with Gasteiger partial charge in [-0.25, -0.2) is 4.98 Å². The maximum Gasteiger partial charge on any atom is 0.0900 e. The number of para-hydroxylation sites is 3. The lowest BCUT2D eigenvalue weighted by molar-refractivity contribution is 1.07. The van der Waals surface area contributed by atoms with E-state index < -0.39 is 0 Å². The van der Waals surface area contributed by atoms with Gasteiger partial charge in [0.1, 0.15) is 0 Å². The summed E-state index contributed by atoms with van der Waals surface area (Å²) in [4.78, 5) is 13.9. The summed E-state index contributed by atoms with van der Waals surface area (Å²) in [7, 11) is 1.81. The third kappa shape index (κ3) is 3.10. The Morgan fingerprint density at radius 1 is 0.867 bits per heavy atom. The molecule has 0 bridgehead atoms. The Morgan fingerprint density at radius 3 is 2.47 bits per heavy atom. The molecule has 2 aromatic carbocycles. The van der Waals surface area contributed by atoms with Gasteiger partial charge >= 0.3 is 0 Å². The first-order valence-electron chi connectivity index (χ1n) is 9.87. The highest BCUT2D eigenvalue weighted by molar-refractivity contribution is 5.84. The van der Waals surface area contributed by atoms with E-state index in [4.69, 9.17) is 4.98 Å². The summed E-state index contributed by atoms with van der Waals surface area (Å²) in [5.41, 5.74) is 7.79. The monoisotopic (exact) mass is 391 g/mol. The Balaban J connectivity index is 1.81. The number of nitrogens with one attached hydrogen (secondary N) is 1. The van der Waals surface area contributed by atoms with Gasteiger partial charge in [-0.3, -0.25) is 9.98 Å². The lowest BCUT2D eigenvalue weighted by Crippen LogP contribution is -2.15. The highest BCUT2D eigenvalue weighted by atomic mass is 15.0. The number of pyridine rings is 1. The van der Waals surface area contributed by atoms with Gasteiger partial charge < -0.3 is 9.88 Å². The number of anilines is 2. The number of nitrogens with zero attached hydrogens (tertiary/aromatic N) is 4. The van der Waals surface area contributed by atoms with Crippen LogP contribution in [0.15, 0.2) is 90.1 Å². The minimum atomic E-state index is 0.868. The molecule has 1 aliphatic carbocycles. The van der Waals surface area contributed by atoms with Gasteiger partial charge in [0.15, 0.2) is 0 Å². The fourth-order valence-electron chi connectivity index (χ4n) is 3.74. The van der Waals surface area contributed by atoms with Gasteiger partial charge in [-0.1, -0.05) is 30.3 Å². The maximum atomic E-state index is 4.95. The summed E-state index contributed by atoms with van der Waals surface area (Å²) in [6, 6.07) is 26.7. The molecule has 1 aliphatic heterocycles. The molecular weight excluding hydrogens is 370 g/mol. The number of hydrogen-bond acceptors (Lipinski definition) is 4. The fraction of sp³-hybridized carbons (Fsp3) is 0.0800. The zero-order chi connectivity index (χ0) is 20.5. The van der Waals surface area contributed by atoms with E-state index in [9.17, 15) is 0 Å². The van der Waals surface area contributed by atoms with Gasteiger partial charge in [-0.05, 0) is 55.5 Å². The molecule has 30 heavy (non-hydrogen) atoms. The molecule has 0 atom stereocenters. The van der Waals surface area contributed by atoms with E-state index in [0.29, 0.717) is 0 Å². The number of rotatable bonds is 3. The van der Waals surface area contributed by atoms with Crippen molar-refractivity contribution in [2.45, 2.75) is 6.92 Å². The standard InChI is InChI=1S/C25H21N5/c1-17-19(12-8-14-27-17)28-22-15-23-25(16-21(22)26-2)30(18-9-4-3-5-10-18)24-13-7-6-11-20(24)29-23/h3-16,28H,1-2H3/b26-21+. The Morgan fingerprint density at radius 2 is 1.67 bits per heavy atom. The molecule has 1 aromatic heterocycles. The minimum Gasteiger partial charge on any atom is -0.352 e. The third-order valence-corrected chi connectivity index (χ3v) is 5.23. The molecular formula is C25H21N5. The molecule has 0 amide bonds. The molecule has 2 heterocycles. The zero-order valence-electron chi connectivity index (χ0n) is 16.9. The molecule has 0 saturated carbocycles. The van der Waals surface area contributed by atoms with Gasteiger partial charge in [-0.15, -0.1) is 0 Å². The van der Waals surface area contributed by atoms with E-state index in [1.165, 1.54) is 0 Å². The van der Waals surface area contributed by atoms with E-state index in [1.54, 1.807) is 6.20 Å². The summed E-state index contributed by atoms with van der Waals surface area (Å²) in [6.07, 6.45) is 1.79. The first-order valence-corrected chi connectivity index (χ1v) is 9.87. The number of benzene rings is 3. The van der Waals surface area contributed by atoms with Crippen LogP contribution >= 0.6 is 0 Å². The van der Waals surface area contributed by atoms with Crippen molar-refractivity contribution in [1.82, 2.24) is 14.5 Å². The first kappa shape index (κ1) is 18.1. The summed E-state index contributed by atoms with van der Waals surface area (Å²) in [5, 5.41) is 4.35. The van der Waals surface area contributed by atoms with Gasteiger partial charge in [0.05, 0.1) is 44.8 Å². The molecule has 3 aromatic rings. The number of aryl methyl sites for hydroxylation is 1. The predicted molar refractivity (Wildman–Crippen MR) is 121 cm³/mol. The fourth-order valence-corrected chi connectivity index (χ4v) is 3.74. The van der Waals surface area contributed by atoms with E-state index in [0.717, 1.165) is 50.5 Å². The second-order valence-electron chi connectivity index (χ2n) is 7.11. The Hall–Kier alpha value is -3.99. The summed E-state index contributed by atoms with van der Waals surface area (Å²) < 4.78 is 2.24. The van der Waals surface area contributed by atoms with Gasteiger partial charge in [0.2, 0.25) is 0 Å². The number of aromatic nitrogens is 3. The summed E-state index contributed by atoms with van der Waals surface area (Å²) in [5.74, 6) is 0. The molecule has 0 radical (unpaired) electrons.